The Hall–Kier alpha value is -2.73. The van der Waals surface area contributed by atoms with Crippen molar-refractivity contribution in [1.82, 2.24) is 20.0 Å². The van der Waals surface area contributed by atoms with Gasteiger partial charge in [-0.25, -0.2) is 4.98 Å². The van der Waals surface area contributed by atoms with E-state index >= 15 is 0 Å². The summed E-state index contributed by atoms with van der Waals surface area (Å²) < 4.78 is 5.64. The third-order valence-electron chi connectivity index (χ3n) is 5.01. The van der Waals surface area contributed by atoms with Gasteiger partial charge in [0.15, 0.2) is 0 Å². The van der Waals surface area contributed by atoms with Crippen molar-refractivity contribution in [2.24, 2.45) is 0 Å². The van der Waals surface area contributed by atoms with Gasteiger partial charge in [0.25, 0.3) is 0 Å². The lowest BCUT2D eigenvalue weighted by atomic mass is 9.97. The molecule has 3 heterocycles. The van der Waals surface area contributed by atoms with Crippen molar-refractivity contribution < 1.29 is 4.52 Å². The van der Waals surface area contributed by atoms with E-state index in [1.54, 1.807) is 6.20 Å². The number of nitrogens with zero attached hydrogens (tertiary/aromatic N) is 5. The monoisotopic (exact) mass is 363 g/mol. The van der Waals surface area contributed by atoms with Crippen molar-refractivity contribution in [1.29, 1.82) is 0 Å². The molecular weight excluding hydrogens is 338 g/mol. The molecule has 0 N–H and O–H groups in total. The van der Waals surface area contributed by atoms with E-state index in [-0.39, 0.29) is 0 Å². The number of aromatic nitrogens is 3. The highest BCUT2D eigenvalue weighted by atomic mass is 16.5. The predicted molar refractivity (Wildman–Crippen MR) is 106 cm³/mol. The molecule has 140 valence electrons. The molecule has 0 bridgehead atoms. The maximum absolute atomic E-state index is 5.64. The van der Waals surface area contributed by atoms with Gasteiger partial charge in [-0.05, 0) is 37.1 Å². The van der Waals surface area contributed by atoms with Gasteiger partial charge >= 0.3 is 0 Å². The van der Waals surface area contributed by atoms with Gasteiger partial charge in [0.1, 0.15) is 5.82 Å². The van der Waals surface area contributed by atoms with Gasteiger partial charge in [0.05, 0.1) is 5.92 Å². The van der Waals surface area contributed by atoms with Crippen molar-refractivity contribution in [2.75, 3.05) is 32.1 Å². The van der Waals surface area contributed by atoms with Crippen LogP contribution >= 0.6 is 0 Å². The molecule has 1 aliphatic rings. The zero-order valence-electron chi connectivity index (χ0n) is 15.9. The number of rotatable bonds is 5. The van der Waals surface area contributed by atoms with Gasteiger partial charge in [-0.15, -0.1) is 0 Å². The second-order valence-electron chi connectivity index (χ2n) is 7.31. The molecule has 1 saturated heterocycles. The first-order chi connectivity index (χ1) is 13.2. The Kier molecular flexibility index (Phi) is 5.16. The molecule has 1 aromatic carbocycles. The summed E-state index contributed by atoms with van der Waals surface area (Å²) in [5.74, 6) is 2.55. The van der Waals surface area contributed by atoms with E-state index in [9.17, 15) is 0 Å². The molecule has 0 radical (unpaired) electrons. The van der Waals surface area contributed by atoms with Crippen molar-refractivity contribution in [3.8, 4) is 11.4 Å². The SMILES string of the molecule is CN(C)c1cc(-c2noc([C@@H]3CCCN(Cc4ccccc4)C3)n2)ccn1. The number of hydrogen-bond donors (Lipinski definition) is 0. The molecular formula is C21H25N5O. The minimum absolute atomic E-state index is 0.291. The molecule has 0 amide bonds. The number of piperidine rings is 1. The van der Waals surface area contributed by atoms with E-state index in [1.807, 2.05) is 31.1 Å². The van der Waals surface area contributed by atoms with Crippen LogP contribution in [0.2, 0.25) is 0 Å². The number of benzene rings is 1. The van der Waals surface area contributed by atoms with Crippen LogP contribution < -0.4 is 4.90 Å². The lowest BCUT2D eigenvalue weighted by Gasteiger charge is -2.30. The Labute approximate surface area is 159 Å². The van der Waals surface area contributed by atoms with E-state index in [0.29, 0.717) is 11.7 Å². The molecule has 6 nitrogen and oxygen atoms in total. The zero-order valence-corrected chi connectivity index (χ0v) is 15.9. The lowest BCUT2D eigenvalue weighted by Crippen LogP contribution is -2.34. The van der Waals surface area contributed by atoms with E-state index in [2.05, 4.69) is 45.4 Å². The minimum atomic E-state index is 0.291. The van der Waals surface area contributed by atoms with Crippen molar-refractivity contribution in [2.45, 2.75) is 25.3 Å². The van der Waals surface area contributed by atoms with Crippen LogP contribution in [0.4, 0.5) is 5.82 Å². The summed E-state index contributed by atoms with van der Waals surface area (Å²) >= 11 is 0. The van der Waals surface area contributed by atoms with Crippen LogP contribution in [0.5, 0.6) is 0 Å². The average Bonchev–Trinajstić information content (AvgIpc) is 3.19. The number of anilines is 1. The van der Waals surface area contributed by atoms with Gasteiger partial charge in [0.2, 0.25) is 11.7 Å². The summed E-state index contributed by atoms with van der Waals surface area (Å²) in [5.41, 5.74) is 2.28. The summed E-state index contributed by atoms with van der Waals surface area (Å²) in [7, 11) is 3.94. The quantitative estimate of drug-likeness (QED) is 0.691. The van der Waals surface area contributed by atoms with Crippen molar-refractivity contribution in [3.63, 3.8) is 0 Å². The maximum atomic E-state index is 5.64. The van der Waals surface area contributed by atoms with Gasteiger partial charge < -0.3 is 9.42 Å². The molecule has 0 saturated carbocycles. The van der Waals surface area contributed by atoms with E-state index in [0.717, 1.165) is 49.7 Å². The molecule has 2 aromatic heterocycles. The van der Waals surface area contributed by atoms with Gasteiger partial charge in [-0.3, -0.25) is 4.90 Å². The van der Waals surface area contributed by atoms with Crippen LogP contribution in [0, 0.1) is 0 Å². The smallest absolute Gasteiger partial charge is 0.231 e. The first kappa shape index (κ1) is 17.7. The van der Waals surface area contributed by atoms with Gasteiger partial charge in [-0.2, -0.15) is 4.98 Å². The van der Waals surface area contributed by atoms with Crippen LogP contribution in [-0.2, 0) is 6.54 Å². The van der Waals surface area contributed by atoms with Crippen molar-refractivity contribution in [3.05, 3.63) is 60.1 Å². The fourth-order valence-corrected chi connectivity index (χ4v) is 3.56. The van der Waals surface area contributed by atoms with Crippen LogP contribution in [0.15, 0.2) is 53.2 Å². The minimum Gasteiger partial charge on any atom is -0.363 e. The van der Waals surface area contributed by atoms with Gasteiger partial charge in [0, 0.05) is 38.9 Å². The van der Waals surface area contributed by atoms with Crippen LogP contribution in [0.1, 0.15) is 30.2 Å². The molecule has 0 spiro atoms. The fraction of sp³-hybridized carbons (Fsp3) is 0.381. The zero-order chi connectivity index (χ0) is 18.6. The molecule has 1 atom stereocenters. The normalized spacial score (nSPS) is 17.8. The first-order valence-electron chi connectivity index (χ1n) is 9.42. The van der Waals surface area contributed by atoms with Crippen LogP contribution in [-0.4, -0.2) is 47.2 Å². The third kappa shape index (κ3) is 4.17. The molecule has 0 unspecified atom stereocenters. The molecule has 4 rings (SSSR count). The van der Waals surface area contributed by atoms with E-state index < -0.39 is 0 Å². The second-order valence-corrected chi connectivity index (χ2v) is 7.31. The highest BCUT2D eigenvalue weighted by Crippen LogP contribution is 2.28. The first-order valence-corrected chi connectivity index (χ1v) is 9.42. The number of likely N-dealkylation sites (tertiary alicyclic amines) is 1. The lowest BCUT2D eigenvalue weighted by molar-refractivity contribution is 0.180. The largest absolute Gasteiger partial charge is 0.363 e. The summed E-state index contributed by atoms with van der Waals surface area (Å²) in [6, 6.07) is 14.5. The fourth-order valence-electron chi connectivity index (χ4n) is 3.56. The van der Waals surface area contributed by atoms with Crippen LogP contribution in [0.25, 0.3) is 11.4 Å². The topological polar surface area (TPSA) is 58.3 Å². The Morgan fingerprint density at radius 2 is 2.04 bits per heavy atom. The molecule has 0 aliphatic carbocycles. The molecule has 1 fully saturated rings. The highest BCUT2D eigenvalue weighted by Gasteiger charge is 2.26. The average molecular weight is 363 g/mol. The Balaban J connectivity index is 1.47. The van der Waals surface area contributed by atoms with E-state index in [1.165, 1.54) is 5.56 Å². The molecule has 27 heavy (non-hydrogen) atoms. The second kappa shape index (κ2) is 7.88. The highest BCUT2D eigenvalue weighted by molar-refractivity contribution is 5.59. The Bertz CT molecular complexity index is 877. The van der Waals surface area contributed by atoms with Crippen LogP contribution in [0.3, 0.4) is 0 Å². The van der Waals surface area contributed by atoms with E-state index in [4.69, 9.17) is 9.51 Å². The molecule has 1 aliphatic heterocycles. The summed E-state index contributed by atoms with van der Waals surface area (Å²) in [5, 5.41) is 4.22. The summed E-state index contributed by atoms with van der Waals surface area (Å²) in [6.45, 7) is 3.04. The Morgan fingerprint density at radius 3 is 2.85 bits per heavy atom. The Morgan fingerprint density at radius 1 is 1.19 bits per heavy atom. The third-order valence-corrected chi connectivity index (χ3v) is 5.01. The number of hydrogen-bond acceptors (Lipinski definition) is 6. The summed E-state index contributed by atoms with van der Waals surface area (Å²) in [4.78, 5) is 13.5. The molecule has 6 heteroatoms. The van der Waals surface area contributed by atoms with Crippen molar-refractivity contribution >= 4 is 5.82 Å². The summed E-state index contributed by atoms with van der Waals surface area (Å²) in [6.07, 6.45) is 4.02. The number of pyridine rings is 1. The molecule has 3 aromatic rings. The predicted octanol–water partition coefficient (Wildman–Crippen LogP) is 3.58. The maximum Gasteiger partial charge on any atom is 0.231 e. The standard InChI is InChI=1S/C21H25N5O/c1-25(2)19-13-17(10-11-22-19)20-23-21(27-24-20)18-9-6-12-26(15-18)14-16-7-4-3-5-8-16/h3-5,7-8,10-11,13,18H,6,9,12,14-15H2,1-2H3/t18-/m1/s1. The van der Waals surface area contributed by atoms with Gasteiger partial charge in [-0.1, -0.05) is 35.5 Å².